The minimum absolute atomic E-state index is 0.0832. The first-order valence-corrected chi connectivity index (χ1v) is 10.0. The molecule has 1 aliphatic carbocycles. The maximum Gasteiger partial charge on any atom is 0.395 e. The van der Waals surface area contributed by atoms with Gasteiger partial charge in [-0.2, -0.15) is 13.2 Å². The van der Waals surface area contributed by atoms with Crippen molar-refractivity contribution in [3.05, 3.63) is 48.0 Å². The highest BCUT2D eigenvalue weighted by molar-refractivity contribution is 6.08. The van der Waals surface area contributed by atoms with Gasteiger partial charge < -0.3 is 14.6 Å². The molecule has 30 heavy (non-hydrogen) atoms. The normalized spacial score (nSPS) is 24.6. The van der Waals surface area contributed by atoms with E-state index in [1.54, 1.807) is 17.0 Å². The molecule has 2 fully saturated rings. The van der Waals surface area contributed by atoms with Crippen molar-refractivity contribution in [3.63, 3.8) is 0 Å². The van der Waals surface area contributed by atoms with Crippen LogP contribution in [-0.4, -0.2) is 46.5 Å². The Bertz CT molecular complexity index is 1060. The highest BCUT2D eigenvalue weighted by atomic mass is 19.4. The zero-order chi connectivity index (χ0) is 21.3. The van der Waals surface area contributed by atoms with Crippen LogP contribution in [0.1, 0.15) is 25.3 Å². The van der Waals surface area contributed by atoms with E-state index in [1.165, 1.54) is 24.3 Å². The lowest BCUT2D eigenvalue weighted by Crippen LogP contribution is -2.48. The molecule has 3 nitrogen and oxygen atoms in total. The Morgan fingerprint density at radius 2 is 1.53 bits per heavy atom. The van der Waals surface area contributed by atoms with E-state index >= 15 is 0 Å². The smallest absolute Gasteiger partial charge is 0.391 e. The van der Waals surface area contributed by atoms with E-state index in [-0.39, 0.29) is 25.9 Å². The third-order valence-electron chi connectivity index (χ3n) is 6.67. The van der Waals surface area contributed by atoms with Gasteiger partial charge in [0.05, 0.1) is 17.6 Å². The summed E-state index contributed by atoms with van der Waals surface area (Å²) in [6.45, 7) is 0.544. The quantitative estimate of drug-likeness (QED) is 0.598. The number of hydrogen-bond acceptors (Lipinski definition) is 2. The summed E-state index contributed by atoms with van der Waals surface area (Å²) in [5.74, 6) is -0.921. The monoisotopic (exact) mass is 424 g/mol. The summed E-state index contributed by atoms with van der Waals surface area (Å²) in [6, 6.07) is 7.87. The van der Waals surface area contributed by atoms with Crippen LogP contribution >= 0.6 is 0 Å². The van der Waals surface area contributed by atoms with Crippen molar-refractivity contribution < 1.29 is 27.1 Å². The fourth-order valence-electron chi connectivity index (χ4n) is 4.85. The van der Waals surface area contributed by atoms with Crippen molar-refractivity contribution in [2.75, 3.05) is 19.6 Å². The van der Waals surface area contributed by atoms with Gasteiger partial charge in [-0.1, -0.05) is 0 Å². The number of hydrogen-bond donors (Lipinski definition) is 1. The molecule has 2 aliphatic rings. The van der Waals surface area contributed by atoms with E-state index in [0.29, 0.717) is 34.8 Å². The fourth-order valence-corrected chi connectivity index (χ4v) is 4.85. The average Bonchev–Trinajstić information content (AvgIpc) is 3.41. The molecule has 160 valence electrons. The van der Waals surface area contributed by atoms with Crippen LogP contribution in [0.15, 0.2) is 36.4 Å². The van der Waals surface area contributed by atoms with Crippen molar-refractivity contribution >= 4 is 21.8 Å². The fraction of sp³-hybridized carbons (Fsp3) is 0.455. The van der Waals surface area contributed by atoms with Crippen LogP contribution < -0.4 is 0 Å². The SMILES string of the molecule is O[C@@H]1CCN(CC2(C(F)(F)F)CC2)C[C@H]1n1c2ccc(F)cc2c2cc(F)ccc21. The van der Waals surface area contributed by atoms with Crippen molar-refractivity contribution in [2.24, 2.45) is 5.41 Å². The highest BCUT2D eigenvalue weighted by Gasteiger charge is 2.63. The molecule has 8 heteroatoms. The van der Waals surface area contributed by atoms with E-state index in [0.717, 1.165) is 0 Å². The maximum absolute atomic E-state index is 13.9. The standard InChI is InChI=1S/C22H21F5N2O/c23-13-1-3-17-15(9-13)16-10-14(24)2-4-18(16)29(17)19-11-28(8-5-20(19)30)12-21(6-7-21)22(25,26)27/h1-4,9-10,19-20,30H,5-8,11-12H2/t19-,20-/m1/s1. The zero-order valence-corrected chi connectivity index (χ0v) is 16.1. The Hall–Kier alpha value is -2.19. The number of halogens is 5. The molecule has 1 N–H and O–H groups in total. The lowest BCUT2D eigenvalue weighted by molar-refractivity contribution is -0.193. The van der Waals surface area contributed by atoms with E-state index in [4.69, 9.17) is 0 Å². The van der Waals surface area contributed by atoms with Gasteiger partial charge in [-0.05, 0) is 55.7 Å². The van der Waals surface area contributed by atoms with Gasteiger partial charge in [0.1, 0.15) is 11.6 Å². The number of aliphatic hydroxyl groups is 1. The second-order valence-corrected chi connectivity index (χ2v) is 8.63. The summed E-state index contributed by atoms with van der Waals surface area (Å²) >= 11 is 0. The number of fused-ring (bicyclic) bond motifs is 3. The third kappa shape index (κ3) is 3.08. The van der Waals surface area contributed by atoms with Gasteiger partial charge in [-0.15, -0.1) is 0 Å². The van der Waals surface area contributed by atoms with Crippen LogP contribution in [0.25, 0.3) is 21.8 Å². The van der Waals surface area contributed by atoms with Crippen LogP contribution in [0.2, 0.25) is 0 Å². The molecule has 1 aliphatic heterocycles. The van der Waals surface area contributed by atoms with Crippen molar-refractivity contribution in [1.29, 1.82) is 0 Å². The summed E-state index contributed by atoms with van der Waals surface area (Å²) in [7, 11) is 0. The van der Waals surface area contributed by atoms with E-state index in [9.17, 15) is 27.1 Å². The Kier molecular flexibility index (Phi) is 4.38. The molecule has 5 rings (SSSR count). The Morgan fingerprint density at radius 1 is 0.967 bits per heavy atom. The zero-order valence-electron chi connectivity index (χ0n) is 16.1. The largest absolute Gasteiger partial charge is 0.395 e. The van der Waals surface area contributed by atoms with Gasteiger partial charge in [0.15, 0.2) is 0 Å². The van der Waals surface area contributed by atoms with Crippen LogP contribution in [0.5, 0.6) is 0 Å². The number of benzene rings is 2. The van der Waals surface area contributed by atoms with E-state index in [1.807, 2.05) is 4.57 Å². The van der Waals surface area contributed by atoms with Gasteiger partial charge in [0.2, 0.25) is 0 Å². The lowest BCUT2D eigenvalue weighted by atomic mass is 9.98. The summed E-state index contributed by atoms with van der Waals surface area (Å²) in [5.41, 5.74) is -0.396. The van der Waals surface area contributed by atoms with Crippen LogP contribution in [0, 0.1) is 17.0 Å². The first-order chi connectivity index (χ1) is 14.2. The Morgan fingerprint density at radius 3 is 2.03 bits per heavy atom. The maximum atomic E-state index is 13.9. The summed E-state index contributed by atoms with van der Waals surface area (Å²) in [6.07, 6.45) is -4.40. The number of aliphatic hydroxyl groups excluding tert-OH is 1. The van der Waals surface area contributed by atoms with Crippen molar-refractivity contribution in [3.8, 4) is 0 Å². The van der Waals surface area contributed by atoms with E-state index in [2.05, 4.69) is 0 Å². The summed E-state index contributed by atoms with van der Waals surface area (Å²) in [5, 5.41) is 11.8. The molecule has 1 aromatic heterocycles. The van der Waals surface area contributed by atoms with Crippen LogP contribution in [0.4, 0.5) is 22.0 Å². The molecule has 2 heterocycles. The number of aromatic nitrogens is 1. The lowest BCUT2D eigenvalue weighted by Gasteiger charge is -2.39. The molecule has 3 aromatic rings. The number of piperidine rings is 1. The molecule has 0 unspecified atom stereocenters. The van der Waals surface area contributed by atoms with Gasteiger partial charge in [0.25, 0.3) is 0 Å². The summed E-state index contributed by atoms with van der Waals surface area (Å²) < 4.78 is 69.9. The van der Waals surface area contributed by atoms with Gasteiger partial charge in [0, 0.05) is 41.4 Å². The van der Waals surface area contributed by atoms with Crippen LogP contribution in [0.3, 0.4) is 0 Å². The first-order valence-electron chi connectivity index (χ1n) is 10.0. The molecule has 2 aromatic carbocycles. The molecule has 0 radical (unpaired) electrons. The summed E-state index contributed by atoms with van der Waals surface area (Å²) in [4.78, 5) is 1.77. The predicted octanol–water partition coefficient (Wildman–Crippen LogP) is 5.02. The molecule has 0 bridgehead atoms. The van der Waals surface area contributed by atoms with Crippen molar-refractivity contribution in [2.45, 2.75) is 37.6 Å². The van der Waals surface area contributed by atoms with Gasteiger partial charge in [-0.25, -0.2) is 8.78 Å². The molecule has 2 atom stereocenters. The topological polar surface area (TPSA) is 28.4 Å². The Labute approximate surface area is 169 Å². The molecule has 0 spiro atoms. The highest BCUT2D eigenvalue weighted by Crippen LogP contribution is 2.58. The molecular weight excluding hydrogens is 403 g/mol. The predicted molar refractivity (Wildman–Crippen MR) is 103 cm³/mol. The molecule has 0 amide bonds. The minimum Gasteiger partial charge on any atom is -0.391 e. The van der Waals surface area contributed by atoms with Gasteiger partial charge in [-0.3, -0.25) is 0 Å². The van der Waals surface area contributed by atoms with E-state index < -0.39 is 35.4 Å². The second-order valence-electron chi connectivity index (χ2n) is 8.63. The van der Waals surface area contributed by atoms with Crippen LogP contribution in [-0.2, 0) is 0 Å². The molecular formula is C22H21F5N2O. The number of nitrogens with zero attached hydrogens (tertiary/aromatic N) is 2. The van der Waals surface area contributed by atoms with Gasteiger partial charge >= 0.3 is 6.18 Å². The third-order valence-corrected chi connectivity index (χ3v) is 6.67. The molecule has 1 saturated carbocycles. The van der Waals surface area contributed by atoms with Crippen molar-refractivity contribution in [1.82, 2.24) is 9.47 Å². The second kappa shape index (κ2) is 6.65. The minimum atomic E-state index is -4.24. The average molecular weight is 424 g/mol. The Balaban J connectivity index is 1.56. The first kappa shape index (κ1) is 19.8. The number of rotatable bonds is 3. The number of alkyl halides is 3. The molecule has 1 saturated heterocycles. The number of likely N-dealkylation sites (tertiary alicyclic amines) is 1.